The molecule has 0 aromatic carbocycles. The number of carbonyl (C=O) groups is 2. The number of allylic oxidation sites excluding steroid dienone is 2. The normalized spacial score (nSPS) is 12.3. The zero-order valence-corrected chi connectivity index (χ0v) is 26.2. The molecule has 0 heterocycles. The van der Waals surface area contributed by atoms with E-state index in [1.807, 2.05) is 0 Å². The summed E-state index contributed by atoms with van der Waals surface area (Å²) in [6.07, 6.45) is 36.5. The molecule has 0 bridgehead atoms. The van der Waals surface area contributed by atoms with Gasteiger partial charge in [-0.05, 0) is 44.9 Å². The lowest BCUT2D eigenvalue weighted by Crippen LogP contribution is -2.21. The summed E-state index contributed by atoms with van der Waals surface area (Å²) in [5.74, 6) is -1.10. The van der Waals surface area contributed by atoms with E-state index in [2.05, 4.69) is 26.0 Å². The minimum atomic E-state index is -0.881. The van der Waals surface area contributed by atoms with Gasteiger partial charge in [-0.15, -0.1) is 0 Å². The summed E-state index contributed by atoms with van der Waals surface area (Å²) in [5.41, 5.74) is 0. The van der Waals surface area contributed by atoms with Crippen LogP contribution in [0.1, 0.15) is 194 Å². The number of carboxylic acids is 1. The average molecular weight is 551 g/mol. The molecule has 230 valence electrons. The molecule has 4 heteroatoms. The van der Waals surface area contributed by atoms with Crippen molar-refractivity contribution in [2.45, 2.75) is 200 Å². The van der Waals surface area contributed by atoms with Gasteiger partial charge in [-0.25, -0.2) is 0 Å². The summed E-state index contributed by atoms with van der Waals surface area (Å²) in [4.78, 5) is 23.5. The average Bonchev–Trinajstić information content (AvgIpc) is 2.91. The molecule has 1 unspecified atom stereocenters. The minimum absolute atomic E-state index is 0.0722. The predicted molar refractivity (Wildman–Crippen MR) is 167 cm³/mol. The van der Waals surface area contributed by atoms with Crippen LogP contribution in [0.5, 0.6) is 0 Å². The van der Waals surface area contributed by atoms with E-state index in [0.29, 0.717) is 12.8 Å². The third-order valence-corrected chi connectivity index (χ3v) is 7.72. The molecular weight excluding hydrogens is 484 g/mol. The number of unbranched alkanes of at least 4 members (excludes halogenated alkanes) is 22. The van der Waals surface area contributed by atoms with Gasteiger partial charge in [0.1, 0.15) is 6.10 Å². The topological polar surface area (TPSA) is 63.6 Å². The molecule has 0 spiro atoms. The SMILES string of the molecule is CCCCCC/C=C\CCCCCCCCC(=O)OC(CCCCCCCCCCCCCCC)CC(=O)O. The molecule has 0 aromatic rings. The number of ether oxygens (including phenoxy) is 1. The van der Waals surface area contributed by atoms with E-state index in [4.69, 9.17) is 4.74 Å². The number of aliphatic carboxylic acids is 1. The molecular formula is C35H66O4. The molecule has 0 aromatic heterocycles. The van der Waals surface area contributed by atoms with Crippen molar-refractivity contribution >= 4 is 11.9 Å². The molecule has 0 aliphatic rings. The zero-order chi connectivity index (χ0) is 28.7. The highest BCUT2D eigenvalue weighted by molar-refractivity contribution is 5.71. The van der Waals surface area contributed by atoms with Crippen molar-refractivity contribution in [3.8, 4) is 0 Å². The number of carboxylic acid groups (broad SMARTS) is 1. The Kier molecular flexibility index (Phi) is 30.2. The minimum Gasteiger partial charge on any atom is -0.481 e. The van der Waals surface area contributed by atoms with Crippen molar-refractivity contribution in [2.75, 3.05) is 0 Å². The van der Waals surface area contributed by atoms with Crippen molar-refractivity contribution in [1.29, 1.82) is 0 Å². The molecule has 0 saturated carbocycles. The van der Waals surface area contributed by atoms with Gasteiger partial charge in [0.25, 0.3) is 0 Å². The Morgan fingerprint density at radius 2 is 0.949 bits per heavy atom. The van der Waals surface area contributed by atoms with E-state index in [-0.39, 0.29) is 12.4 Å². The van der Waals surface area contributed by atoms with E-state index in [1.165, 1.54) is 128 Å². The molecule has 4 nitrogen and oxygen atoms in total. The first-order chi connectivity index (χ1) is 19.1. The Morgan fingerprint density at radius 1 is 0.564 bits per heavy atom. The second kappa shape index (κ2) is 31.2. The van der Waals surface area contributed by atoms with Gasteiger partial charge in [0, 0.05) is 6.42 Å². The van der Waals surface area contributed by atoms with Gasteiger partial charge in [0.15, 0.2) is 0 Å². The van der Waals surface area contributed by atoms with Crippen LogP contribution < -0.4 is 0 Å². The van der Waals surface area contributed by atoms with Gasteiger partial charge in [0.05, 0.1) is 6.42 Å². The van der Waals surface area contributed by atoms with Crippen molar-refractivity contribution in [1.82, 2.24) is 0 Å². The lowest BCUT2D eigenvalue weighted by atomic mass is 10.0. The van der Waals surface area contributed by atoms with E-state index in [1.54, 1.807) is 0 Å². The second-order valence-corrected chi connectivity index (χ2v) is 11.7. The maximum Gasteiger partial charge on any atom is 0.307 e. The monoisotopic (exact) mass is 550 g/mol. The lowest BCUT2D eigenvalue weighted by Gasteiger charge is -2.16. The van der Waals surface area contributed by atoms with Gasteiger partial charge in [-0.3, -0.25) is 9.59 Å². The summed E-state index contributed by atoms with van der Waals surface area (Å²) in [6.45, 7) is 4.51. The zero-order valence-electron chi connectivity index (χ0n) is 26.2. The van der Waals surface area contributed by atoms with Crippen molar-refractivity contribution in [3.05, 3.63) is 12.2 Å². The van der Waals surface area contributed by atoms with E-state index >= 15 is 0 Å². The van der Waals surface area contributed by atoms with Crippen LogP contribution in [0.2, 0.25) is 0 Å². The highest BCUT2D eigenvalue weighted by atomic mass is 16.5. The molecule has 1 atom stereocenters. The lowest BCUT2D eigenvalue weighted by molar-refractivity contribution is -0.153. The molecule has 0 saturated heterocycles. The van der Waals surface area contributed by atoms with E-state index in [9.17, 15) is 14.7 Å². The molecule has 0 amide bonds. The van der Waals surface area contributed by atoms with E-state index < -0.39 is 12.1 Å². The van der Waals surface area contributed by atoms with Crippen LogP contribution in [0.4, 0.5) is 0 Å². The molecule has 0 aliphatic heterocycles. The fourth-order valence-corrected chi connectivity index (χ4v) is 5.20. The van der Waals surface area contributed by atoms with Crippen molar-refractivity contribution in [3.63, 3.8) is 0 Å². The summed E-state index contributed by atoms with van der Waals surface area (Å²) in [7, 11) is 0. The number of hydrogen-bond acceptors (Lipinski definition) is 3. The first-order valence-corrected chi connectivity index (χ1v) is 17.2. The molecule has 0 radical (unpaired) electrons. The Bertz CT molecular complexity index is 557. The van der Waals surface area contributed by atoms with Crippen molar-refractivity contribution < 1.29 is 19.4 Å². The third-order valence-electron chi connectivity index (χ3n) is 7.72. The van der Waals surface area contributed by atoms with Gasteiger partial charge in [-0.2, -0.15) is 0 Å². The summed E-state index contributed by atoms with van der Waals surface area (Å²) >= 11 is 0. The first-order valence-electron chi connectivity index (χ1n) is 17.2. The second-order valence-electron chi connectivity index (χ2n) is 11.7. The van der Waals surface area contributed by atoms with Crippen molar-refractivity contribution in [2.24, 2.45) is 0 Å². The number of hydrogen-bond donors (Lipinski definition) is 1. The summed E-state index contributed by atoms with van der Waals surface area (Å²) < 4.78 is 5.55. The van der Waals surface area contributed by atoms with Crippen LogP contribution in [0.15, 0.2) is 12.2 Å². The highest BCUT2D eigenvalue weighted by Gasteiger charge is 2.17. The smallest absolute Gasteiger partial charge is 0.307 e. The van der Waals surface area contributed by atoms with Crippen LogP contribution in [-0.2, 0) is 14.3 Å². The van der Waals surface area contributed by atoms with Crippen LogP contribution in [0, 0.1) is 0 Å². The maximum absolute atomic E-state index is 12.3. The van der Waals surface area contributed by atoms with Gasteiger partial charge in [-0.1, -0.05) is 148 Å². The fourth-order valence-electron chi connectivity index (χ4n) is 5.20. The van der Waals surface area contributed by atoms with Gasteiger partial charge < -0.3 is 9.84 Å². The summed E-state index contributed by atoms with van der Waals surface area (Å²) in [5, 5.41) is 9.21. The first kappa shape index (κ1) is 37.7. The number of carbonyl (C=O) groups excluding carboxylic acids is 1. The third kappa shape index (κ3) is 31.1. The van der Waals surface area contributed by atoms with Crippen LogP contribution in [0.3, 0.4) is 0 Å². The summed E-state index contributed by atoms with van der Waals surface area (Å²) in [6, 6.07) is 0. The Labute approximate surface area is 243 Å². The standard InChI is InChI=1S/C35H66O4/c1-3-5-7-9-11-13-15-17-19-21-23-25-27-29-31-35(38)39-33(32-34(36)37)30-28-26-24-22-20-18-16-14-12-10-8-6-4-2/h13,15,33H,3-12,14,16-32H2,1-2H3,(H,36,37)/b15-13-. The molecule has 0 fully saturated rings. The number of esters is 1. The van der Waals surface area contributed by atoms with Crippen LogP contribution >= 0.6 is 0 Å². The largest absolute Gasteiger partial charge is 0.481 e. The van der Waals surface area contributed by atoms with E-state index in [0.717, 1.165) is 32.1 Å². The Balaban J connectivity index is 3.68. The molecule has 1 N–H and O–H groups in total. The Hall–Kier alpha value is -1.32. The molecule has 0 aliphatic carbocycles. The Morgan fingerprint density at radius 3 is 1.41 bits per heavy atom. The molecule has 0 rings (SSSR count). The quantitative estimate of drug-likeness (QED) is 0.0529. The predicted octanol–water partition coefficient (Wildman–Crippen LogP) is 11.5. The van der Waals surface area contributed by atoms with Gasteiger partial charge >= 0.3 is 11.9 Å². The van der Waals surface area contributed by atoms with Gasteiger partial charge in [0.2, 0.25) is 0 Å². The molecule has 39 heavy (non-hydrogen) atoms. The fraction of sp³-hybridized carbons (Fsp3) is 0.886. The maximum atomic E-state index is 12.3. The van der Waals surface area contributed by atoms with Crippen LogP contribution in [0.25, 0.3) is 0 Å². The highest BCUT2D eigenvalue weighted by Crippen LogP contribution is 2.17. The number of rotatable bonds is 31. The van der Waals surface area contributed by atoms with Crippen LogP contribution in [-0.4, -0.2) is 23.1 Å².